The number of anilines is 2. The number of para-hydroxylation sites is 1. The number of nitrogens with zero attached hydrogens (tertiary/aromatic N) is 3. The largest absolute Gasteiger partial charge is 0.339 e. The summed E-state index contributed by atoms with van der Waals surface area (Å²) in [5, 5.41) is 2.88. The Balaban J connectivity index is 1.38. The zero-order valence-electron chi connectivity index (χ0n) is 18.0. The quantitative estimate of drug-likeness (QED) is 0.805. The van der Waals surface area contributed by atoms with Crippen molar-refractivity contribution in [1.29, 1.82) is 0 Å². The topological polar surface area (TPSA) is 82.6 Å². The number of piperidine rings is 1. The van der Waals surface area contributed by atoms with Crippen LogP contribution in [0.25, 0.3) is 0 Å². The second kappa shape index (κ2) is 8.88. The molecule has 0 bridgehead atoms. The fraction of sp³-hybridized carbons (Fsp3) is 0.417. The molecule has 4 rings (SSSR count). The molecule has 0 atom stereocenters. The molecular formula is C24H28N4O3. The predicted molar refractivity (Wildman–Crippen MR) is 119 cm³/mol. The summed E-state index contributed by atoms with van der Waals surface area (Å²) >= 11 is 0. The van der Waals surface area contributed by atoms with Crippen LogP contribution in [-0.2, 0) is 9.59 Å². The molecule has 0 radical (unpaired) electrons. The van der Waals surface area contributed by atoms with Gasteiger partial charge in [-0.2, -0.15) is 0 Å². The lowest BCUT2D eigenvalue weighted by Gasteiger charge is -2.32. The Bertz CT molecular complexity index is 994. The van der Waals surface area contributed by atoms with E-state index in [9.17, 15) is 14.4 Å². The van der Waals surface area contributed by atoms with Crippen molar-refractivity contribution in [2.24, 2.45) is 11.8 Å². The summed E-state index contributed by atoms with van der Waals surface area (Å²) in [5.74, 6) is 0.415. The van der Waals surface area contributed by atoms with E-state index in [1.165, 1.54) is 0 Å². The van der Waals surface area contributed by atoms with Gasteiger partial charge in [0.1, 0.15) is 5.82 Å². The van der Waals surface area contributed by atoms with Crippen molar-refractivity contribution in [1.82, 2.24) is 9.88 Å². The van der Waals surface area contributed by atoms with Gasteiger partial charge in [-0.3, -0.25) is 14.4 Å². The molecule has 2 heterocycles. The van der Waals surface area contributed by atoms with Crippen LogP contribution in [0.3, 0.4) is 0 Å². The van der Waals surface area contributed by atoms with Gasteiger partial charge in [-0.1, -0.05) is 12.1 Å². The van der Waals surface area contributed by atoms with Crippen LogP contribution in [-0.4, -0.2) is 47.7 Å². The third kappa shape index (κ3) is 4.76. The lowest BCUT2D eigenvalue weighted by atomic mass is 9.95. The summed E-state index contributed by atoms with van der Waals surface area (Å²) in [5.41, 5.74) is 2.22. The van der Waals surface area contributed by atoms with Crippen LogP contribution in [0.5, 0.6) is 0 Å². The first-order valence-corrected chi connectivity index (χ1v) is 10.8. The highest BCUT2D eigenvalue weighted by Crippen LogP contribution is 2.33. The lowest BCUT2D eigenvalue weighted by molar-refractivity contribution is -0.121. The number of carbonyl (C=O) groups is 3. The van der Waals surface area contributed by atoms with Gasteiger partial charge >= 0.3 is 0 Å². The van der Waals surface area contributed by atoms with E-state index in [0.717, 1.165) is 18.4 Å². The van der Waals surface area contributed by atoms with Gasteiger partial charge in [-0.05, 0) is 62.4 Å². The Labute approximate surface area is 182 Å². The molecule has 1 saturated heterocycles. The summed E-state index contributed by atoms with van der Waals surface area (Å²) in [7, 11) is 1.74. The van der Waals surface area contributed by atoms with Crippen molar-refractivity contribution in [3.8, 4) is 0 Å². The van der Waals surface area contributed by atoms with E-state index in [4.69, 9.17) is 0 Å². The standard InChI is InChI=1S/C24H28N4O3/c1-16-9-12-25-21(15-16)26-22(29)17-10-13-28(14-11-17)24(31)19-5-3-4-6-20(19)27(2)23(30)18-7-8-18/h3-6,9,12,15,17-18H,7-8,10-11,13-14H2,1-2H3,(H,25,26,29). The summed E-state index contributed by atoms with van der Waals surface area (Å²) in [6, 6.07) is 11.0. The van der Waals surface area contributed by atoms with E-state index in [2.05, 4.69) is 10.3 Å². The van der Waals surface area contributed by atoms with Crippen molar-refractivity contribution in [3.63, 3.8) is 0 Å². The average Bonchev–Trinajstić information content (AvgIpc) is 3.63. The number of hydrogen-bond acceptors (Lipinski definition) is 4. The molecule has 1 aromatic carbocycles. The normalized spacial score (nSPS) is 16.6. The fourth-order valence-electron chi connectivity index (χ4n) is 4.02. The van der Waals surface area contributed by atoms with Gasteiger partial charge in [0.05, 0.1) is 11.3 Å². The van der Waals surface area contributed by atoms with Crippen LogP contribution in [0.1, 0.15) is 41.6 Å². The average molecular weight is 421 g/mol. The van der Waals surface area contributed by atoms with Gasteiger partial charge in [0, 0.05) is 38.2 Å². The maximum absolute atomic E-state index is 13.2. The van der Waals surface area contributed by atoms with Crippen LogP contribution < -0.4 is 10.2 Å². The van der Waals surface area contributed by atoms with Gasteiger partial charge in [-0.25, -0.2) is 4.98 Å². The highest BCUT2D eigenvalue weighted by molar-refractivity contribution is 6.05. The van der Waals surface area contributed by atoms with Crippen LogP contribution >= 0.6 is 0 Å². The molecule has 3 amide bonds. The molecular weight excluding hydrogens is 392 g/mol. The SMILES string of the molecule is Cc1ccnc(NC(=O)C2CCN(C(=O)c3ccccc3N(C)C(=O)C3CC3)CC2)c1. The van der Waals surface area contributed by atoms with Crippen molar-refractivity contribution < 1.29 is 14.4 Å². The van der Waals surface area contributed by atoms with Crippen molar-refractivity contribution in [2.45, 2.75) is 32.6 Å². The lowest BCUT2D eigenvalue weighted by Crippen LogP contribution is -2.42. The molecule has 7 heteroatoms. The zero-order valence-corrected chi connectivity index (χ0v) is 18.0. The highest BCUT2D eigenvalue weighted by atomic mass is 16.2. The fourth-order valence-corrected chi connectivity index (χ4v) is 4.02. The molecule has 1 aliphatic heterocycles. The number of nitrogens with one attached hydrogen (secondary N) is 1. The van der Waals surface area contributed by atoms with Gasteiger partial charge < -0.3 is 15.1 Å². The van der Waals surface area contributed by atoms with Crippen molar-refractivity contribution in [2.75, 3.05) is 30.4 Å². The van der Waals surface area contributed by atoms with Gasteiger partial charge in [0.15, 0.2) is 0 Å². The van der Waals surface area contributed by atoms with Crippen molar-refractivity contribution >= 4 is 29.2 Å². The Morgan fingerprint density at radius 3 is 2.42 bits per heavy atom. The van der Waals surface area contributed by atoms with E-state index >= 15 is 0 Å². The molecule has 2 aliphatic rings. The van der Waals surface area contributed by atoms with Gasteiger partial charge in [0.25, 0.3) is 5.91 Å². The van der Waals surface area contributed by atoms with E-state index in [1.54, 1.807) is 29.1 Å². The van der Waals surface area contributed by atoms with Crippen molar-refractivity contribution in [3.05, 3.63) is 53.7 Å². The zero-order chi connectivity index (χ0) is 22.0. The number of rotatable bonds is 5. The van der Waals surface area contributed by atoms with Crippen LogP contribution in [0.4, 0.5) is 11.5 Å². The molecule has 0 spiro atoms. The minimum Gasteiger partial charge on any atom is -0.339 e. The van der Waals surface area contributed by atoms with Crippen LogP contribution in [0, 0.1) is 18.8 Å². The molecule has 162 valence electrons. The number of hydrogen-bond donors (Lipinski definition) is 1. The number of pyridine rings is 1. The summed E-state index contributed by atoms with van der Waals surface area (Å²) in [6.45, 7) is 2.97. The first-order valence-electron chi connectivity index (χ1n) is 10.8. The van der Waals surface area contributed by atoms with E-state index in [1.807, 2.05) is 37.3 Å². The molecule has 0 unspecified atom stereocenters. The Morgan fingerprint density at radius 2 is 1.74 bits per heavy atom. The first kappa shape index (κ1) is 21.0. The monoisotopic (exact) mass is 420 g/mol. The Morgan fingerprint density at radius 1 is 1.03 bits per heavy atom. The number of amides is 3. The minimum atomic E-state index is -0.152. The highest BCUT2D eigenvalue weighted by Gasteiger charge is 2.34. The van der Waals surface area contributed by atoms with E-state index in [0.29, 0.717) is 43.0 Å². The minimum absolute atomic E-state index is 0.0552. The Kier molecular flexibility index (Phi) is 6.02. The molecule has 1 aliphatic carbocycles. The number of aryl methyl sites for hydroxylation is 1. The maximum atomic E-state index is 13.2. The maximum Gasteiger partial charge on any atom is 0.255 e. The number of likely N-dealkylation sites (tertiary alicyclic amines) is 1. The van der Waals surface area contributed by atoms with E-state index < -0.39 is 0 Å². The number of carbonyl (C=O) groups excluding carboxylic acids is 3. The molecule has 1 aromatic heterocycles. The van der Waals surface area contributed by atoms with Crippen LogP contribution in [0.2, 0.25) is 0 Å². The molecule has 31 heavy (non-hydrogen) atoms. The second-order valence-electron chi connectivity index (χ2n) is 8.46. The molecule has 1 saturated carbocycles. The Hall–Kier alpha value is -3.22. The van der Waals surface area contributed by atoms with E-state index in [-0.39, 0.29) is 29.6 Å². The third-order valence-electron chi connectivity index (χ3n) is 6.07. The smallest absolute Gasteiger partial charge is 0.255 e. The third-order valence-corrected chi connectivity index (χ3v) is 6.07. The number of aromatic nitrogens is 1. The summed E-state index contributed by atoms with van der Waals surface area (Å²) in [4.78, 5) is 45.9. The molecule has 2 aromatic rings. The second-order valence-corrected chi connectivity index (χ2v) is 8.46. The molecule has 1 N–H and O–H groups in total. The molecule has 2 fully saturated rings. The molecule has 7 nitrogen and oxygen atoms in total. The summed E-state index contributed by atoms with van der Waals surface area (Å²) in [6.07, 6.45) is 4.72. The summed E-state index contributed by atoms with van der Waals surface area (Å²) < 4.78 is 0. The predicted octanol–water partition coefficient (Wildman–Crippen LogP) is 3.25. The van der Waals surface area contributed by atoms with Crippen LogP contribution in [0.15, 0.2) is 42.6 Å². The number of benzene rings is 1. The first-order chi connectivity index (χ1) is 14.9. The van der Waals surface area contributed by atoms with Gasteiger partial charge in [-0.15, -0.1) is 0 Å². The van der Waals surface area contributed by atoms with Gasteiger partial charge in [0.2, 0.25) is 11.8 Å².